The summed E-state index contributed by atoms with van der Waals surface area (Å²) in [5.41, 5.74) is 5.95. The van der Waals surface area contributed by atoms with Gasteiger partial charge in [0.25, 0.3) is 11.5 Å². The predicted octanol–water partition coefficient (Wildman–Crippen LogP) is 3.03. The van der Waals surface area contributed by atoms with Gasteiger partial charge < -0.3 is 0 Å². The second-order valence-corrected chi connectivity index (χ2v) is 6.84. The number of para-hydroxylation sites is 2. The molecule has 150 valence electrons. The number of nitrogens with one attached hydrogen (secondary N) is 2. The topological polar surface area (TPSA) is 105 Å². The molecule has 3 aromatic carbocycles. The minimum absolute atomic E-state index is 0.106. The molecule has 0 aliphatic heterocycles. The third-order valence-electron chi connectivity index (χ3n) is 4.92. The van der Waals surface area contributed by atoms with Crippen LogP contribution in [0.5, 0.6) is 0 Å². The van der Waals surface area contributed by atoms with Crippen molar-refractivity contribution in [3.05, 3.63) is 101 Å². The molecule has 0 spiro atoms. The quantitative estimate of drug-likeness (QED) is 0.352. The molecule has 2 aromatic heterocycles. The number of amides is 1. The van der Waals surface area contributed by atoms with Gasteiger partial charge >= 0.3 is 0 Å². The molecule has 0 aliphatic rings. The Hall–Kier alpha value is -4.59. The van der Waals surface area contributed by atoms with E-state index >= 15 is 0 Å². The maximum absolute atomic E-state index is 12.5. The molecule has 5 rings (SSSR count). The van der Waals surface area contributed by atoms with Gasteiger partial charge in [-0.25, -0.2) is 15.5 Å². The van der Waals surface area contributed by atoms with Crippen LogP contribution >= 0.6 is 0 Å². The summed E-state index contributed by atoms with van der Waals surface area (Å²) in [5.74, 6) is -0.509. The van der Waals surface area contributed by atoms with Crippen molar-refractivity contribution in [2.24, 2.45) is 5.10 Å². The zero-order chi connectivity index (χ0) is 21.2. The molecule has 2 N–H and O–H groups in total. The molecule has 2 heterocycles. The van der Waals surface area contributed by atoms with E-state index in [1.807, 2.05) is 53.1 Å². The highest BCUT2D eigenvalue weighted by atomic mass is 16.2. The van der Waals surface area contributed by atoms with Crippen molar-refractivity contribution in [3.63, 3.8) is 0 Å². The van der Waals surface area contributed by atoms with Crippen molar-refractivity contribution in [2.45, 2.75) is 0 Å². The van der Waals surface area contributed by atoms with E-state index in [9.17, 15) is 9.59 Å². The number of hydrogen-bond donors (Lipinski definition) is 2. The number of hydrazone groups is 1. The van der Waals surface area contributed by atoms with Gasteiger partial charge in [0, 0.05) is 11.1 Å². The fourth-order valence-electron chi connectivity index (χ4n) is 3.39. The number of hydrogen-bond acceptors (Lipinski definition) is 5. The molecule has 8 heteroatoms. The highest BCUT2D eigenvalue weighted by Crippen LogP contribution is 2.18. The molecule has 0 saturated heterocycles. The summed E-state index contributed by atoms with van der Waals surface area (Å²) in [6, 6.07) is 22.4. The standard InChI is InChI=1S/C23H16N6O2/c30-22-18-6-2-1-5-17(18)21(26-28-22)23(31)27-25-13-15-9-11-16(12-10-15)29-14-24-19-7-3-4-8-20(19)29/h1-14H,(H,27,31)(H,28,30)/b25-13-. The lowest BCUT2D eigenvalue weighted by molar-refractivity contribution is 0.0951. The van der Waals surface area contributed by atoms with Crippen molar-refractivity contribution < 1.29 is 4.79 Å². The summed E-state index contributed by atoms with van der Waals surface area (Å²) in [5, 5.41) is 11.1. The highest BCUT2D eigenvalue weighted by Gasteiger charge is 2.13. The van der Waals surface area contributed by atoms with Gasteiger partial charge in [-0.2, -0.15) is 10.2 Å². The van der Waals surface area contributed by atoms with Gasteiger partial charge in [0.05, 0.1) is 22.6 Å². The number of carbonyl (C=O) groups is 1. The van der Waals surface area contributed by atoms with Gasteiger partial charge in [-0.05, 0) is 35.9 Å². The van der Waals surface area contributed by atoms with Crippen molar-refractivity contribution in [3.8, 4) is 5.69 Å². The summed E-state index contributed by atoms with van der Waals surface area (Å²) in [7, 11) is 0. The van der Waals surface area contributed by atoms with Crippen LogP contribution in [0.3, 0.4) is 0 Å². The monoisotopic (exact) mass is 408 g/mol. The van der Waals surface area contributed by atoms with Crippen LogP contribution in [0.15, 0.2) is 89.0 Å². The second kappa shape index (κ2) is 7.68. The molecule has 0 aliphatic carbocycles. The van der Waals surface area contributed by atoms with Crippen molar-refractivity contribution in [2.75, 3.05) is 0 Å². The average Bonchev–Trinajstić information content (AvgIpc) is 3.24. The van der Waals surface area contributed by atoms with Crippen LogP contribution in [0, 0.1) is 0 Å². The summed E-state index contributed by atoms with van der Waals surface area (Å²) >= 11 is 0. The van der Waals surface area contributed by atoms with Crippen LogP contribution in [0.1, 0.15) is 16.1 Å². The van der Waals surface area contributed by atoms with E-state index in [1.54, 1.807) is 36.8 Å². The van der Waals surface area contributed by atoms with Crippen molar-refractivity contribution >= 4 is 33.9 Å². The number of aromatic amines is 1. The lowest BCUT2D eigenvalue weighted by Crippen LogP contribution is -2.22. The SMILES string of the molecule is O=C(N/N=C\c1ccc(-n2cnc3ccccc32)cc1)c1n[nH]c(=O)c2ccccc12. The smallest absolute Gasteiger partial charge is 0.292 e. The van der Waals surface area contributed by atoms with E-state index in [2.05, 4.69) is 25.7 Å². The molecule has 8 nitrogen and oxygen atoms in total. The molecule has 1 amide bonds. The Morgan fingerprint density at radius 2 is 1.71 bits per heavy atom. The summed E-state index contributed by atoms with van der Waals surface area (Å²) in [4.78, 5) is 28.7. The Kier molecular flexibility index (Phi) is 4.57. The van der Waals surface area contributed by atoms with Gasteiger partial charge in [0.15, 0.2) is 5.69 Å². The zero-order valence-corrected chi connectivity index (χ0v) is 16.2. The van der Waals surface area contributed by atoms with Crippen molar-refractivity contribution in [1.82, 2.24) is 25.2 Å². The summed E-state index contributed by atoms with van der Waals surface area (Å²) in [6.45, 7) is 0. The molecule has 0 radical (unpaired) electrons. The maximum Gasteiger partial charge on any atom is 0.292 e. The van der Waals surface area contributed by atoms with E-state index < -0.39 is 5.91 Å². The number of carbonyl (C=O) groups excluding carboxylic acids is 1. The molecule has 0 atom stereocenters. The third kappa shape index (κ3) is 3.46. The minimum Gasteiger partial charge on any atom is -0.299 e. The fraction of sp³-hybridized carbons (Fsp3) is 0. The molecular weight excluding hydrogens is 392 g/mol. The first-order chi connectivity index (χ1) is 15.2. The number of aromatic nitrogens is 4. The first-order valence-corrected chi connectivity index (χ1v) is 9.54. The van der Waals surface area contributed by atoms with Crippen LogP contribution in [-0.4, -0.2) is 31.9 Å². The molecule has 31 heavy (non-hydrogen) atoms. The van der Waals surface area contributed by atoms with Gasteiger partial charge in [-0.1, -0.05) is 42.5 Å². The fourth-order valence-corrected chi connectivity index (χ4v) is 3.39. The highest BCUT2D eigenvalue weighted by molar-refractivity contribution is 6.04. The average molecular weight is 408 g/mol. The molecule has 0 fully saturated rings. The van der Waals surface area contributed by atoms with Crippen LogP contribution in [0.25, 0.3) is 27.5 Å². The van der Waals surface area contributed by atoms with Crippen LogP contribution < -0.4 is 11.0 Å². The Morgan fingerprint density at radius 1 is 0.968 bits per heavy atom. The van der Waals surface area contributed by atoms with E-state index in [0.717, 1.165) is 22.3 Å². The summed E-state index contributed by atoms with van der Waals surface area (Å²) in [6.07, 6.45) is 3.33. The Morgan fingerprint density at radius 3 is 2.55 bits per heavy atom. The Bertz CT molecular complexity index is 1500. The van der Waals surface area contributed by atoms with Crippen LogP contribution in [0.2, 0.25) is 0 Å². The minimum atomic E-state index is -0.509. The molecule has 5 aromatic rings. The van der Waals surface area contributed by atoms with Crippen LogP contribution in [-0.2, 0) is 0 Å². The lowest BCUT2D eigenvalue weighted by atomic mass is 10.1. The second-order valence-electron chi connectivity index (χ2n) is 6.84. The summed E-state index contributed by atoms with van der Waals surface area (Å²) < 4.78 is 2.00. The predicted molar refractivity (Wildman–Crippen MR) is 118 cm³/mol. The first-order valence-electron chi connectivity index (χ1n) is 9.54. The van der Waals surface area contributed by atoms with E-state index in [-0.39, 0.29) is 11.3 Å². The van der Waals surface area contributed by atoms with E-state index in [4.69, 9.17) is 0 Å². The van der Waals surface area contributed by atoms with Gasteiger partial charge in [0.1, 0.15) is 6.33 Å². The molecular formula is C23H16N6O2. The van der Waals surface area contributed by atoms with Gasteiger partial charge in [0.2, 0.25) is 0 Å². The Balaban J connectivity index is 1.33. The zero-order valence-electron chi connectivity index (χ0n) is 16.2. The van der Waals surface area contributed by atoms with Gasteiger partial charge in [-0.3, -0.25) is 14.2 Å². The first kappa shape index (κ1) is 18.4. The number of rotatable bonds is 4. The van der Waals surface area contributed by atoms with Gasteiger partial charge in [-0.15, -0.1) is 0 Å². The molecule has 0 unspecified atom stereocenters. The third-order valence-corrected chi connectivity index (χ3v) is 4.92. The van der Waals surface area contributed by atoms with E-state index in [0.29, 0.717) is 10.8 Å². The maximum atomic E-state index is 12.5. The number of H-pyrrole nitrogens is 1. The largest absolute Gasteiger partial charge is 0.299 e. The number of benzene rings is 3. The Labute approximate surface area is 175 Å². The normalized spacial score (nSPS) is 11.4. The molecule has 0 bridgehead atoms. The molecule has 0 saturated carbocycles. The van der Waals surface area contributed by atoms with Crippen LogP contribution in [0.4, 0.5) is 0 Å². The lowest BCUT2D eigenvalue weighted by Gasteiger charge is -2.05. The van der Waals surface area contributed by atoms with E-state index in [1.165, 1.54) is 0 Å². The van der Waals surface area contributed by atoms with Crippen molar-refractivity contribution in [1.29, 1.82) is 0 Å². The number of nitrogens with zero attached hydrogens (tertiary/aromatic N) is 4. The number of fused-ring (bicyclic) bond motifs is 2. The number of imidazole rings is 1.